The minimum atomic E-state index is -0.362. The van der Waals surface area contributed by atoms with Gasteiger partial charge in [-0.1, -0.05) is 26.7 Å². The first-order chi connectivity index (χ1) is 9.06. The van der Waals surface area contributed by atoms with Crippen molar-refractivity contribution in [3.05, 3.63) is 0 Å². The average Bonchev–Trinajstić information content (AvgIpc) is 2.43. The molecule has 1 fully saturated rings. The molecule has 1 rings (SSSR count). The smallest absolute Gasteiger partial charge is 0.237 e. The number of nitrogens with zero attached hydrogens (tertiary/aromatic N) is 1. The van der Waals surface area contributed by atoms with Gasteiger partial charge in [0.15, 0.2) is 0 Å². The Bertz CT molecular complexity index is 270. The van der Waals surface area contributed by atoms with E-state index < -0.39 is 0 Å². The van der Waals surface area contributed by atoms with Crippen LogP contribution in [0.2, 0.25) is 0 Å². The lowest BCUT2D eigenvalue weighted by Crippen LogP contribution is -2.45. The van der Waals surface area contributed by atoms with Gasteiger partial charge in [0.25, 0.3) is 0 Å². The number of hydrogen-bond acceptors (Lipinski definition) is 3. The molecule has 19 heavy (non-hydrogen) atoms. The molecule has 1 saturated heterocycles. The second-order valence-corrected chi connectivity index (χ2v) is 5.94. The van der Waals surface area contributed by atoms with E-state index in [1.807, 2.05) is 6.92 Å². The van der Waals surface area contributed by atoms with Crippen LogP contribution < -0.4 is 11.1 Å². The van der Waals surface area contributed by atoms with Crippen LogP contribution in [0.5, 0.6) is 0 Å². The van der Waals surface area contributed by atoms with Gasteiger partial charge in [-0.15, -0.1) is 0 Å². The average molecular weight is 269 g/mol. The lowest BCUT2D eigenvalue weighted by molar-refractivity contribution is -0.123. The summed E-state index contributed by atoms with van der Waals surface area (Å²) in [6, 6.07) is 0.339. The third-order valence-electron chi connectivity index (χ3n) is 4.42. The number of likely N-dealkylation sites (tertiary alicyclic amines) is 1. The van der Waals surface area contributed by atoms with Gasteiger partial charge in [-0.25, -0.2) is 0 Å². The van der Waals surface area contributed by atoms with E-state index in [2.05, 4.69) is 24.1 Å². The molecule has 0 saturated carbocycles. The van der Waals surface area contributed by atoms with Crippen molar-refractivity contribution in [1.29, 1.82) is 0 Å². The Morgan fingerprint density at radius 3 is 2.84 bits per heavy atom. The lowest BCUT2D eigenvalue weighted by atomic mass is 9.99. The summed E-state index contributed by atoms with van der Waals surface area (Å²) in [7, 11) is 0. The van der Waals surface area contributed by atoms with Crippen molar-refractivity contribution in [2.75, 3.05) is 19.6 Å². The molecule has 4 heteroatoms. The number of nitrogens with one attached hydrogen (secondary N) is 1. The summed E-state index contributed by atoms with van der Waals surface area (Å²) >= 11 is 0. The Kier molecular flexibility index (Phi) is 7.39. The number of amides is 1. The third kappa shape index (κ3) is 5.49. The van der Waals surface area contributed by atoms with Gasteiger partial charge >= 0.3 is 0 Å². The summed E-state index contributed by atoms with van der Waals surface area (Å²) in [5.74, 6) is 0.253. The maximum atomic E-state index is 11.8. The van der Waals surface area contributed by atoms with E-state index in [0.29, 0.717) is 6.04 Å². The summed E-state index contributed by atoms with van der Waals surface area (Å²) < 4.78 is 0. The number of carbonyl (C=O) groups excluding carboxylic acids is 1. The molecule has 0 spiro atoms. The van der Waals surface area contributed by atoms with Gasteiger partial charge < -0.3 is 16.0 Å². The van der Waals surface area contributed by atoms with Gasteiger partial charge in [0.2, 0.25) is 5.91 Å². The van der Waals surface area contributed by atoms with Crippen LogP contribution >= 0.6 is 0 Å². The summed E-state index contributed by atoms with van der Waals surface area (Å²) in [5.41, 5.74) is 5.90. The van der Waals surface area contributed by atoms with Crippen LogP contribution in [-0.4, -0.2) is 42.5 Å². The van der Waals surface area contributed by atoms with Crippen molar-refractivity contribution in [3.8, 4) is 0 Å². The molecule has 3 atom stereocenters. The molecule has 4 nitrogen and oxygen atoms in total. The van der Waals surface area contributed by atoms with Crippen LogP contribution in [0.3, 0.4) is 0 Å². The highest BCUT2D eigenvalue weighted by atomic mass is 16.2. The predicted octanol–water partition coefficient (Wildman–Crippen LogP) is 1.74. The third-order valence-corrected chi connectivity index (χ3v) is 4.42. The van der Waals surface area contributed by atoms with Gasteiger partial charge in [-0.3, -0.25) is 4.79 Å². The Hall–Kier alpha value is -0.610. The first-order valence-electron chi connectivity index (χ1n) is 7.83. The Morgan fingerprint density at radius 1 is 1.47 bits per heavy atom. The van der Waals surface area contributed by atoms with E-state index in [0.717, 1.165) is 25.9 Å². The predicted molar refractivity (Wildman–Crippen MR) is 79.9 cm³/mol. The SMILES string of the molecule is CCC(C)C(N)C(=O)NCCCN1CCCCC1C. The zero-order valence-electron chi connectivity index (χ0n) is 12.8. The molecule has 0 aliphatic carbocycles. The number of hydrogen-bond donors (Lipinski definition) is 2. The largest absolute Gasteiger partial charge is 0.355 e. The second-order valence-electron chi connectivity index (χ2n) is 5.94. The molecule has 0 bridgehead atoms. The van der Waals surface area contributed by atoms with Gasteiger partial charge in [-0.2, -0.15) is 0 Å². The van der Waals surface area contributed by atoms with Crippen LogP contribution in [0.4, 0.5) is 0 Å². The minimum Gasteiger partial charge on any atom is -0.355 e. The molecule has 0 aromatic rings. The number of nitrogens with two attached hydrogens (primary N) is 1. The van der Waals surface area contributed by atoms with Crippen LogP contribution in [0.25, 0.3) is 0 Å². The second kappa shape index (κ2) is 8.54. The van der Waals surface area contributed by atoms with E-state index in [4.69, 9.17) is 5.73 Å². The topological polar surface area (TPSA) is 58.4 Å². The molecule has 112 valence electrons. The van der Waals surface area contributed by atoms with E-state index in [1.165, 1.54) is 25.8 Å². The molecule has 0 aromatic heterocycles. The number of carbonyl (C=O) groups is 1. The number of rotatable bonds is 7. The standard InChI is InChI=1S/C15H31N3O/c1-4-12(2)14(16)15(19)17-9-7-11-18-10-6-5-8-13(18)3/h12-14H,4-11,16H2,1-3H3,(H,17,19). The van der Waals surface area contributed by atoms with E-state index >= 15 is 0 Å². The van der Waals surface area contributed by atoms with Gasteiger partial charge in [0, 0.05) is 19.1 Å². The Balaban J connectivity index is 2.14. The van der Waals surface area contributed by atoms with Crippen molar-refractivity contribution in [1.82, 2.24) is 10.2 Å². The van der Waals surface area contributed by atoms with E-state index in [-0.39, 0.29) is 17.9 Å². The summed E-state index contributed by atoms with van der Waals surface area (Å²) in [6.07, 6.45) is 5.95. The van der Waals surface area contributed by atoms with E-state index in [1.54, 1.807) is 0 Å². The van der Waals surface area contributed by atoms with Crippen LogP contribution in [0.15, 0.2) is 0 Å². The van der Waals surface area contributed by atoms with Crippen LogP contribution in [-0.2, 0) is 4.79 Å². The van der Waals surface area contributed by atoms with Crippen molar-refractivity contribution in [2.45, 2.75) is 65.0 Å². The minimum absolute atomic E-state index is 0.000965. The quantitative estimate of drug-likeness (QED) is 0.692. The molecule has 1 heterocycles. The number of piperidine rings is 1. The summed E-state index contributed by atoms with van der Waals surface area (Å²) in [5, 5.41) is 2.96. The fraction of sp³-hybridized carbons (Fsp3) is 0.933. The van der Waals surface area contributed by atoms with Gasteiger partial charge in [0.1, 0.15) is 0 Å². The van der Waals surface area contributed by atoms with Crippen molar-refractivity contribution in [3.63, 3.8) is 0 Å². The van der Waals surface area contributed by atoms with Crippen LogP contribution in [0, 0.1) is 5.92 Å². The fourth-order valence-electron chi connectivity index (χ4n) is 2.61. The Labute approximate surface area is 118 Å². The van der Waals surface area contributed by atoms with Crippen molar-refractivity contribution in [2.24, 2.45) is 11.7 Å². The first-order valence-corrected chi connectivity index (χ1v) is 7.83. The summed E-state index contributed by atoms with van der Waals surface area (Å²) in [4.78, 5) is 14.3. The van der Waals surface area contributed by atoms with Crippen molar-refractivity contribution < 1.29 is 4.79 Å². The maximum Gasteiger partial charge on any atom is 0.237 e. The molecular weight excluding hydrogens is 238 g/mol. The maximum absolute atomic E-state index is 11.8. The summed E-state index contributed by atoms with van der Waals surface area (Å²) in [6.45, 7) is 9.43. The molecule has 3 unspecified atom stereocenters. The first kappa shape index (κ1) is 16.4. The van der Waals surface area contributed by atoms with Crippen molar-refractivity contribution >= 4 is 5.91 Å². The molecule has 1 amide bonds. The van der Waals surface area contributed by atoms with Gasteiger partial charge in [0.05, 0.1) is 6.04 Å². The monoisotopic (exact) mass is 269 g/mol. The zero-order chi connectivity index (χ0) is 14.3. The molecule has 0 aromatic carbocycles. The van der Waals surface area contributed by atoms with E-state index in [9.17, 15) is 4.79 Å². The fourth-order valence-corrected chi connectivity index (χ4v) is 2.61. The van der Waals surface area contributed by atoms with Crippen LogP contribution in [0.1, 0.15) is 52.9 Å². The zero-order valence-corrected chi connectivity index (χ0v) is 12.8. The highest BCUT2D eigenvalue weighted by Gasteiger charge is 2.20. The molecule has 1 aliphatic heterocycles. The molecule has 3 N–H and O–H groups in total. The lowest BCUT2D eigenvalue weighted by Gasteiger charge is -2.33. The molecular formula is C15H31N3O. The highest BCUT2D eigenvalue weighted by Crippen LogP contribution is 2.16. The Morgan fingerprint density at radius 2 is 2.21 bits per heavy atom. The normalized spacial score (nSPS) is 23.9. The van der Waals surface area contributed by atoms with Gasteiger partial charge in [-0.05, 0) is 38.6 Å². The molecule has 1 aliphatic rings. The highest BCUT2D eigenvalue weighted by molar-refractivity contribution is 5.81. The molecule has 0 radical (unpaired) electrons.